The average Bonchev–Trinajstić information content (AvgIpc) is 2.91. The van der Waals surface area contributed by atoms with Gasteiger partial charge >= 0.3 is 5.97 Å². The molecular formula is C19H23N3O5. The van der Waals surface area contributed by atoms with Crippen LogP contribution < -0.4 is 10.6 Å². The van der Waals surface area contributed by atoms with Gasteiger partial charge in [0.15, 0.2) is 0 Å². The summed E-state index contributed by atoms with van der Waals surface area (Å²) in [5.74, 6) is -0.985. The van der Waals surface area contributed by atoms with Crippen LogP contribution in [0.25, 0.3) is 0 Å². The molecule has 27 heavy (non-hydrogen) atoms. The minimum atomic E-state index is -0.586. The monoisotopic (exact) mass is 373 g/mol. The number of carbonyl (C=O) groups is 3. The molecule has 3 rings (SSSR count). The molecule has 1 aromatic rings. The maximum atomic E-state index is 12.6. The summed E-state index contributed by atoms with van der Waals surface area (Å²) >= 11 is 0. The van der Waals surface area contributed by atoms with Crippen molar-refractivity contribution >= 4 is 29.2 Å². The molecular weight excluding hydrogens is 350 g/mol. The Labute approximate surface area is 157 Å². The third-order valence-corrected chi connectivity index (χ3v) is 4.85. The number of anilines is 2. The molecule has 2 heterocycles. The van der Waals surface area contributed by atoms with Crippen LogP contribution in [0.3, 0.4) is 0 Å². The van der Waals surface area contributed by atoms with Crippen LogP contribution in [0.2, 0.25) is 0 Å². The topological polar surface area (TPSA) is 108 Å². The Morgan fingerprint density at radius 3 is 2.78 bits per heavy atom. The molecule has 8 heteroatoms. The predicted octanol–water partition coefficient (Wildman–Crippen LogP) is 0.980. The number of amides is 2. The summed E-state index contributed by atoms with van der Waals surface area (Å²) in [5.41, 5.74) is 2.34. The number of fused-ring (bicyclic) bond motifs is 1. The summed E-state index contributed by atoms with van der Waals surface area (Å²) in [7, 11) is 1.26. The number of hydrogen-bond donors (Lipinski definition) is 3. The minimum Gasteiger partial charge on any atom is -0.466 e. The van der Waals surface area contributed by atoms with E-state index in [4.69, 9.17) is 9.84 Å². The van der Waals surface area contributed by atoms with Gasteiger partial charge in [-0.15, -0.1) is 0 Å². The summed E-state index contributed by atoms with van der Waals surface area (Å²) in [6.45, 7) is 3.99. The highest BCUT2D eigenvalue weighted by molar-refractivity contribution is 6.08. The highest BCUT2D eigenvalue weighted by Gasteiger charge is 2.35. The molecule has 2 aliphatic heterocycles. The van der Waals surface area contributed by atoms with Crippen molar-refractivity contribution in [3.05, 3.63) is 35.0 Å². The second kappa shape index (κ2) is 7.03. The Hall–Kier alpha value is -2.87. The van der Waals surface area contributed by atoms with E-state index in [1.54, 1.807) is 12.1 Å². The van der Waals surface area contributed by atoms with Crippen LogP contribution in [0.5, 0.6) is 0 Å². The molecule has 3 N–H and O–H groups in total. The van der Waals surface area contributed by atoms with Crippen molar-refractivity contribution < 1.29 is 24.2 Å². The highest BCUT2D eigenvalue weighted by atomic mass is 16.5. The lowest BCUT2D eigenvalue weighted by Gasteiger charge is -2.32. The first-order valence-corrected chi connectivity index (χ1v) is 8.70. The van der Waals surface area contributed by atoms with Gasteiger partial charge < -0.3 is 25.4 Å². The van der Waals surface area contributed by atoms with E-state index in [0.29, 0.717) is 12.1 Å². The van der Waals surface area contributed by atoms with Crippen LogP contribution in [0.4, 0.5) is 11.4 Å². The number of nitrogens with zero attached hydrogens (tertiary/aromatic N) is 1. The van der Waals surface area contributed by atoms with E-state index in [9.17, 15) is 14.4 Å². The second-order valence-corrected chi connectivity index (χ2v) is 7.29. The predicted molar refractivity (Wildman–Crippen MR) is 99.0 cm³/mol. The number of methoxy groups -OCH3 is 1. The number of aliphatic hydroxyl groups excluding tert-OH is 1. The minimum absolute atomic E-state index is 0.0329. The van der Waals surface area contributed by atoms with Crippen LogP contribution in [-0.4, -0.2) is 54.6 Å². The maximum absolute atomic E-state index is 12.6. The van der Waals surface area contributed by atoms with Gasteiger partial charge in [-0.25, -0.2) is 4.79 Å². The van der Waals surface area contributed by atoms with E-state index >= 15 is 0 Å². The Morgan fingerprint density at radius 2 is 2.11 bits per heavy atom. The van der Waals surface area contributed by atoms with E-state index in [0.717, 1.165) is 11.3 Å². The van der Waals surface area contributed by atoms with Gasteiger partial charge in [-0.3, -0.25) is 9.59 Å². The van der Waals surface area contributed by atoms with Crippen molar-refractivity contribution in [3.63, 3.8) is 0 Å². The molecule has 2 amide bonds. The first-order valence-electron chi connectivity index (χ1n) is 8.70. The third kappa shape index (κ3) is 3.52. The van der Waals surface area contributed by atoms with Crippen molar-refractivity contribution in [1.82, 2.24) is 4.90 Å². The van der Waals surface area contributed by atoms with Crippen molar-refractivity contribution in [2.24, 2.45) is 0 Å². The number of esters is 1. The lowest BCUT2D eigenvalue weighted by atomic mass is 9.78. The second-order valence-electron chi connectivity index (χ2n) is 7.29. The summed E-state index contributed by atoms with van der Waals surface area (Å²) in [4.78, 5) is 37.9. The summed E-state index contributed by atoms with van der Waals surface area (Å²) in [5, 5.41) is 15.0. The molecule has 0 unspecified atom stereocenters. The van der Waals surface area contributed by atoms with E-state index in [1.165, 1.54) is 12.0 Å². The number of β-amino-alcohol motifs (C(OH)–C–C–N with tert-alkyl or cyclic N) is 1. The van der Waals surface area contributed by atoms with Gasteiger partial charge in [0.2, 0.25) is 5.91 Å². The van der Waals surface area contributed by atoms with E-state index < -0.39 is 5.97 Å². The number of nitrogens with one attached hydrogen (secondary N) is 2. The van der Waals surface area contributed by atoms with Gasteiger partial charge in [0.05, 0.1) is 25.8 Å². The molecule has 0 radical (unpaired) electrons. The molecule has 8 nitrogen and oxygen atoms in total. The zero-order valence-corrected chi connectivity index (χ0v) is 15.6. The Bertz CT molecular complexity index is 844. The summed E-state index contributed by atoms with van der Waals surface area (Å²) in [6, 6.07) is 5.39. The fourth-order valence-corrected chi connectivity index (χ4v) is 3.48. The van der Waals surface area contributed by atoms with Crippen LogP contribution in [0.15, 0.2) is 29.5 Å². The number of hydrogen-bond acceptors (Lipinski definition) is 6. The zero-order chi connectivity index (χ0) is 19.8. The molecule has 0 saturated carbocycles. The largest absolute Gasteiger partial charge is 0.466 e. The van der Waals surface area contributed by atoms with Crippen molar-refractivity contribution in [2.75, 3.05) is 37.4 Å². The van der Waals surface area contributed by atoms with Crippen LogP contribution in [0, 0.1) is 0 Å². The number of aliphatic hydroxyl groups is 1. The van der Waals surface area contributed by atoms with E-state index in [2.05, 4.69) is 10.6 Å². The smallest absolute Gasteiger partial charge is 0.337 e. The van der Waals surface area contributed by atoms with Crippen LogP contribution in [-0.2, 0) is 24.5 Å². The fraction of sp³-hybridized carbons (Fsp3) is 0.421. The lowest BCUT2D eigenvalue weighted by Crippen LogP contribution is -2.32. The first-order chi connectivity index (χ1) is 12.8. The van der Waals surface area contributed by atoms with Gasteiger partial charge in [-0.1, -0.05) is 13.8 Å². The Balaban J connectivity index is 1.94. The Morgan fingerprint density at radius 1 is 1.37 bits per heavy atom. The molecule has 1 aromatic carbocycles. The first kappa shape index (κ1) is 18.9. The third-order valence-electron chi connectivity index (χ3n) is 4.85. The summed E-state index contributed by atoms with van der Waals surface area (Å²) < 4.78 is 4.79. The molecule has 0 spiro atoms. The zero-order valence-electron chi connectivity index (χ0n) is 15.6. The quantitative estimate of drug-likeness (QED) is 0.664. The van der Waals surface area contributed by atoms with E-state index in [1.807, 2.05) is 19.9 Å². The average molecular weight is 373 g/mol. The Kier molecular flexibility index (Phi) is 4.93. The van der Waals surface area contributed by atoms with Crippen LogP contribution >= 0.6 is 0 Å². The molecule has 144 valence electrons. The number of rotatable bonds is 5. The van der Waals surface area contributed by atoms with Gasteiger partial charge in [0.25, 0.3) is 5.91 Å². The van der Waals surface area contributed by atoms with E-state index in [-0.39, 0.29) is 48.2 Å². The fourth-order valence-electron chi connectivity index (χ4n) is 3.48. The highest BCUT2D eigenvalue weighted by Crippen LogP contribution is 2.39. The van der Waals surface area contributed by atoms with Crippen molar-refractivity contribution in [3.8, 4) is 0 Å². The van der Waals surface area contributed by atoms with Crippen LogP contribution in [0.1, 0.15) is 25.8 Å². The van der Waals surface area contributed by atoms with Gasteiger partial charge in [-0.05, 0) is 23.8 Å². The summed E-state index contributed by atoms with van der Waals surface area (Å²) in [6.07, 6.45) is 0.364. The molecule has 0 aromatic heterocycles. The number of ether oxygens (including phenoxy) is 1. The molecule has 0 atom stereocenters. The van der Waals surface area contributed by atoms with Crippen molar-refractivity contribution in [1.29, 1.82) is 0 Å². The van der Waals surface area contributed by atoms with Gasteiger partial charge in [-0.2, -0.15) is 0 Å². The molecule has 0 bridgehead atoms. The lowest BCUT2D eigenvalue weighted by molar-refractivity contribution is -0.136. The number of benzene rings is 1. The molecule has 0 aliphatic carbocycles. The maximum Gasteiger partial charge on any atom is 0.337 e. The number of carbonyl (C=O) groups excluding carboxylic acids is 3. The van der Waals surface area contributed by atoms with Crippen molar-refractivity contribution in [2.45, 2.75) is 25.7 Å². The van der Waals surface area contributed by atoms with Gasteiger partial charge in [0, 0.05) is 29.8 Å². The normalized spacial score (nSPS) is 18.3. The standard InChI is InChI=1S/C19H23N3O5/c1-19(2)9-15(24)21-14-5-4-11(8-13(14)19)20-16-12(18(26)27-3)10-22(6-7-23)17(16)25/h4-5,8,20,23H,6-7,9-10H2,1-3H3,(H,21,24). The molecule has 2 aliphatic rings. The molecule has 0 fully saturated rings. The molecule has 0 saturated heterocycles. The SMILES string of the molecule is COC(=O)C1=C(Nc2ccc3c(c2)C(C)(C)CC(=O)N3)C(=O)N(CCO)C1. The van der Waals surface area contributed by atoms with Gasteiger partial charge in [0.1, 0.15) is 5.70 Å².